The minimum absolute atomic E-state index is 0.0452. The largest absolute Gasteiger partial charge is 0.506 e. The van der Waals surface area contributed by atoms with Gasteiger partial charge in [-0.3, -0.25) is 4.79 Å². The highest BCUT2D eigenvalue weighted by Crippen LogP contribution is 2.47. The van der Waals surface area contributed by atoms with Gasteiger partial charge in [0.05, 0.1) is 17.4 Å². The summed E-state index contributed by atoms with van der Waals surface area (Å²) >= 11 is 0. The molecule has 0 amide bonds. The van der Waals surface area contributed by atoms with Gasteiger partial charge in [-0.05, 0) is 55.0 Å². The zero-order valence-corrected chi connectivity index (χ0v) is 17.6. The third-order valence-electron chi connectivity index (χ3n) is 6.45. The number of aromatic hydroxyl groups is 1. The van der Waals surface area contributed by atoms with E-state index in [2.05, 4.69) is 25.2 Å². The van der Waals surface area contributed by atoms with Gasteiger partial charge in [-0.1, -0.05) is 49.8 Å². The van der Waals surface area contributed by atoms with E-state index in [1.807, 2.05) is 49.4 Å². The highest BCUT2D eigenvalue weighted by Gasteiger charge is 2.45. The number of hydrogen-bond donors (Lipinski definition) is 2. The third-order valence-corrected chi connectivity index (χ3v) is 6.45. The van der Waals surface area contributed by atoms with Crippen LogP contribution in [0, 0.1) is 18.3 Å². The molecule has 2 unspecified atom stereocenters. The summed E-state index contributed by atoms with van der Waals surface area (Å²) in [6.45, 7) is 6.47. The molecule has 3 aliphatic rings. The van der Waals surface area contributed by atoms with Gasteiger partial charge in [0.15, 0.2) is 5.78 Å². The van der Waals surface area contributed by atoms with Crippen LogP contribution < -0.4 is 5.32 Å². The summed E-state index contributed by atoms with van der Waals surface area (Å²) in [7, 11) is 0. The van der Waals surface area contributed by atoms with E-state index >= 15 is 0 Å². The molecule has 2 aliphatic carbocycles. The number of phenols is 1. The first-order valence-electron chi connectivity index (χ1n) is 10.6. The van der Waals surface area contributed by atoms with Crippen molar-refractivity contribution in [3.63, 3.8) is 0 Å². The lowest BCUT2D eigenvalue weighted by atomic mass is 9.65. The van der Waals surface area contributed by atoms with Gasteiger partial charge in [-0.25, -0.2) is 4.99 Å². The summed E-state index contributed by atoms with van der Waals surface area (Å²) in [6, 6.07) is 13.2. The molecule has 0 spiro atoms. The molecule has 1 saturated carbocycles. The van der Waals surface area contributed by atoms with Crippen molar-refractivity contribution in [1.82, 2.24) is 0 Å². The number of benzene rings is 2. The van der Waals surface area contributed by atoms with E-state index in [1.54, 1.807) is 6.07 Å². The molecular weight excluding hydrogens is 372 g/mol. The lowest BCUT2D eigenvalue weighted by molar-refractivity contribution is -0.116. The van der Waals surface area contributed by atoms with Crippen LogP contribution in [0.4, 0.5) is 11.4 Å². The van der Waals surface area contributed by atoms with Gasteiger partial charge < -0.3 is 10.4 Å². The molecule has 1 aliphatic heterocycles. The van der Waals surface area contributed by atoms with E-state index in [-0.39, 0.29) is 28.9 Å². The summed E-state index contributed by atoms with van der Waals surface area (Å²) in [4.78, 5) is 18.4. The predicted octanol–water partition coefficient (Wildman–Crippen LogP) is 5.60. The smallest absolute Gasteiger partial charge is 0.188 e. The molecule has 2 N–H and O–H groups in total. The van der Waals surface area contributed by atoms with Crippen molar-refractivity contribution in [2.75, 3.05) is 5.32 Å². The van der Waals surface area contributed by atoms with Gasteiger partial charge in [-0.15, -0.1) is 0 Å². The van der Waals surface area contributed by atoms with Crippen molar-refractivity contribution in [1.29, 1.82) is 0 Å². The molecule has 5 rings (SSSR count). The van der Waals surface area contributed by atoms with Crippen LogP contribution in [0.15, 0.2) is 64.7 Å². The zero-order chi connectivity index (χ0) is 21.0. The second kappa shape index (κ2) is 6.69. The number of allylic oxidation sites excluding steroid dienone is 1. The average molecular weight is 399 g/mol. The Labute approximate surface area is 177 Å². The van der Waals surface area contributed by atoms with Crippen LogP contribution in [-0.4, -0.2) is 22.6 Å². The Balaban J connectivity index is 1.71. The molecule has 0 bridgehead atoms. The number of nitrogens with one attached hydrogen (secondary N) is 1. The lowest BCUT2D eigenvalue weighted by Crippen LogP contribution is -2.47. The van der Waals surface area contributed by atoms with Gasteiger partial charge in [0.1, 0.15) is 11.5 Å². The summed E-state index contributed by atoms with van der Waals surface area (Å²) in [5, 5.41) is 13.9. The fourth-order valence-corrected chi connectivity index (χ4v) is 4.83. The van der Waals surface area contributed by atoms with Gasteiger partial charge >= 0.3 is 0 Å². The fourth-order valence-electron chi connectivity index (χ4n) is 4.83. The van der Waals surface area contributed by atoms with Crippen LogP contribution in [-0.2, 0) is 4.79 Å². The van der Waals surface area contributed by atoms with E-state index in [0.29, 0.717) is 5.71 Å². The summed E-state index contributed by atoms with van der Waals surface area (Å²) in [5.41, 5.74) is 6.12. The highest BCUT2D eigenvalue weighted by atomic mass is 16.3. The lowest BCUT2D eigenvalue weighted by Gasteiger charge is -2.43. The van der Waals surface area contributed by atoms with Crippen molar-refractivity contribution in [3.8, 4) is 5.75 Å². The number of fused-ring (bicyclic) bond motifs is 4. The predicted molar refractivity (Wildman–Crippen MR) is 121 cm³/mol. The van der Waals surface area contributed by atoms with Crippen LogP contribution in [0.3, 0.4) is 0 Å². The maximum Gasteiger partial charge on any atom is 0.188 e. The normalized spacial score (nSPS) is 25.4. The second-order valence-electron chi connectivity index (χ2n) is 9.30. The number of hydrogen-bond acceptors (Lipinski definition) is 4. The molecular formula is C26H26N2O2. The molecule has 0 aromatic heterocycles. The van der Waals surface area contributed by atoms with Gasteiger partial charge in [-0.2, -0.15) is 0 Å². The number of ketones is 1. The van der Waals surface area contributed by atoms with Crippen LogP contribution in [0.2, 0.25) is 0 Å². The molecule has 2 aromatic rings. The Morgan fingerprint density at radius 1 is 1.13 bits per heavy atom. The van der Waals surface area contributed by atoms with Crippen molar-refractivity contribution in [3.05, 3.63) is 70.8 Å². The van der Waals surface area contributed by atoms with E-state index in [1.165, 1.54) is 0 Å². The number of aryl methyl sites for hydroxylation is 1. The topological polar surface area (TPSA) is 61.7 Å². The Bertz CT molecular complexity index is 1140. The first-order valence-corrected chi connectivity index (χ1v) is 10.6. The molecule has 2 aromatic carbocycles. The van der Waals surface area contributed by atoms with Gasteiger partial charge in [0, 0.05) is 17.1 Å². The van der Waals surface area contributed by atoms with E-state index < -0.39 is 0 Å². The van der Waals surface area contributed by atoms with E-state index in [4.69, 9.17) is 4.99 Å². The number of carbonyl (C=O) groups is 1. The SMILES string of the molecule is Cc1ccc(N=C2C(=O)C3CCC(C)(C)C=C3C3Nc4c(O)cccc4C=C23)cc1. The summed E-state index contributed by atoms with van der Waals surface area (Å²) < 4.78 is 0. The third kappa shape index (κ3) is 3.07. The molecule has 30 heavy (non-hydrogen) atoms. The number of phenolic OH excluding ortho intramolecular Hbond substituents is 1. The van der Waals surface area contributed by atoms with Crippen molar-refractivity contribution >= 4 is 28.9 Å². The Morgan fingerprint density at radius 3 is 2.67 bits per heavy atom. The van der Waals surface area contributed by atoms with Gasteiger partial charge in [0.2, 0.25) is 0 Å². The fraction of sp³-hybridized carbons (Fsp3) is 0.308. The molecule has 0 radical (unpaired) electrons. The number of para-hydroxylation sites is 1. The number of rotatable bonds is 1. The Kier molecular flexibility index (Phi) is 4.21. The maximum atomic E-state index is 13.6. The molecule has 0 saturated heterocycles. The van der Waals surface area contributed by atoms with Crippen molar-refractivity contribution < 1.29 is 9.90 Å². The van der Waals surface area contributed by atoms with Crippen LogP contribution in [0.1, 0.15) is 37.8 Å². The van der Waals surface area contributed by atoms with Crippen LogP contribution in [0.25, 0.3) is 6.08 Å². The monoisotopic (exact) mass is 398 g/mol. The summed E-state index contributed by atoms with van der Waals surface area (Å²) in [6.07, 6.45) is 6.07. The molecule has 4 nitrogen and oxygen atoms in total. The molecule has 4 heteroatoms. The number of carbonyl (C=O) groups excluding carboxylic acids is 1. The highest BCUT2D eigenvalue weighted by molar-refractivity contribution is 6.50. The van der Waals surface area contributed by atoms with E-state index in [0.717, 1.165) is 46.5 Å². The number of aliphatic imine (C=N–C) groups is 1. The van der Waals surface area contributed by atoms with Crippen molar-refractivity contribution in [2.24, 2.45) is 16.3 Å². The first-order chi connectivity index (χ1) is 14.3. The van der Waals surface area contributed by atoms with Crippen molar-refractivity contribution in [2.45, 2.75) is 39.7 Å². The minimum atomic E-state index is -0.163. The quantitative estimate of drug-likeness (QED) is 0.486. The number of anilines is 1. The Morgan fingerprint density at radius 2 is 1.90 bits per heavy atom. The number of nitrogens with zero attached hydrogens (tertiary/aromatic N) is 1. The van der Waals surface area contributed by atoms with Crippen LogP contribution >= 0.6 is 0 Å². The van der Waals surface area contributed by atoms with E-state index in [9.17, 15) is 9.90 Å². The number of Topliss-reactive ketones (excluding diaryl/α,β-unsaturated/α-hetero) is 1. The molecule has 152 valence electrons. The maximum absolute atomic E-state index is 13.6. The molecule has 1 fully saturated rings. The second-order valence-corrected chi connectivity index (χ2v) is 9.30. The Hall–Kier alpha value is -3.14. The standard InChI is InChI=1S/C26H26N2O2/c1-15-7-9-17(10-8-15)27-24-19-13-16-5-4-6-21(29)22(16)28-23(19)20-14-26(2,3)12-11-18(20)25(24)30/h4-10,13-14,18,23,28-29H,11-12H2,1-3H3. The molecule has 2 atom stereocenters. The van der Waals surface area contributed by atoms with Gasteiger partial charge in [0.25, 0.3) is 0 Å². The average Bonchev–Trinajstić information content (AvgIpc) is 2.71. The minimum Gasteiger partial charge on any atom is -0.506 e. The zero-order valence-electron chi connectivity index (χ0n) is 17.6. The first kappa shape index (κ1) is 18.9. The van der Waals surface area contributed by atoms with Crippen LogP contribution in [0.5, 0.6) is 5.75 Å². The summed E-state index contributed by atoms with van der Waals surface area (Å²) in [5.74, 6) is 0.165. The molecule has 1 heterocycles.